The molecule has 1 atom stereocenters. The van der Waals surface area contributed by atoms with Gasteiger partial charge in [-0.2, -0.15) is 0 Å². The van der Waals surface area contributed by atoms with Crippen LogP contribution >= 0.6 is 0 Å². The maximum absolute atomic E-state index is 6.20. The SMILES string of the molecule is CC(C)(C)[Si](C)(C)OCCC1CCCCN1. The van der Waals surface area contributed by atoms with E-state index in [1.165, 1.54) is 32.2 Å². The second kappa shape index (κ2) is 5.65. The summed E-state index contributed by atoms with van der Waals surface area (Å²) in [5, 5.41) is 3.92. The maximum Gasteiger partial charge on any atom is 0.191 e. The van der Waals surface area contributed by atoms with Crippen molar-refractivity contribution in [2.45, 2.75) is 70.6 Å². The summed E-state index contributed by atoms with van der Waals surface area (Å²) in [6.45, 7) is 13.7. The van der Waals surface area contributed by atoms with Gasteiger partial charge in [-0.1, -0.05) is 27.2 Å². The Morgan fingerprint density at radius 2 is 1.94 bits per heavy atom. The molecule has 2 nitrogen and oxygen atoms in total. The quantitative estimate of drug-likeness (QED) is 0.763. The molecule has 1 rings (SSSR count). The molecule has 0 saturated carbocycles. The lowest BCUT2D eigenvalue weighted by Gasteiger charge is -2.36. The van der Waals surface area contributed by atoms with Crippen LogP contribution in [-0.4, -0.2) is 27.5 Å². The van der Waals surface area contributed by atoms with Crippen LogP contribution in [0.3, 0.4) is 0 Å². The Morgan fingerprint density at radius 1 is 1.25 bits per heavy atom. The summed E-state index contributed by atoms with van der Waals surface area (Å²) in [6.07, 6.45) is 5.25. The van der Waals surface area contributed by atoms with E-state index in [1.807, 2.05) is 0 Å². The molecule has 0 radical (unpaired) electrons. The smallest absolute Gasteiger partial charge is 0.191 e. The summed E-state index contributed by atoms with van der Waals surface area (Å²) in [5.74, 6) is 0. The van der Waals surface area contributed by atoms with Crippen LogP contribution in [0.25, 0.3) is 0 Å². The van der Waals surface area contributed by atoms with Crippen molar-refractivity contribution in [3.63, 3.8) is 0 Å². The standard InChI is InChI=1S/C13H29NOSi/c1-13(2,3)16(4,5)15-11-9-12-8-6-7-10-14-12/h12,14H,6-11H2,1-5H3. The van der Waals surface area contributed by atoms with Crippen LogP contribution in [0.1, 0.15) is 46.5 Å². The summed E-state index contributed by atoms with van der Waals surface area (Å²) in [7, 11) is -1.52. The zero-order chi connectivity index (χ0) is 12.2. The van der Waals surface area contributed by atoms with E-state index in [0.29, 0.717) is 11.1 Å². The van der Waals surface area contributed by atoms with Crippen LogP contribution in [0, 0.1) is 0 Å². The minimum atomic E-state index is -1.52. The van der Waals surface area contributed by atoms with Crippen molar-refractivity contribution < 1.29 is 4.43 Å². The van der Waals surface area contributed by atoms with E-state index in [-0.39, 0.29) is 0 Å². The third-order valence-corrected chi connectivity index (χ3v) is 8.69. The summed E-state index contributed by atoms with van der Waals surface area (Å²) in [6, 6.07) is 0.707. The van der Waals surface area contributed by atoms with Crippen LogP contribution < -0.4 is 5.32 Å². The Labute approximate surface area is 102 Å². The van der Waals surface area contributed by atoms with Crippen molar-refractivity contribution >= 4 is 8.32 Å². The van der Waals surface area contributed by atoms with Crippen LogP contribution in [0.15, 0.2) is 0 Å². The maximum atomic E-state index is 6.20. The Kier molecular flexibility index (Phi) is 5.01. The highest BCUT2D eigenvalue weighted by molar-refractivity contribution is 6.74. The number of piperidine rings is 1. The molecule has 16 heavy (non-hydrogen) atoms. The molecular formula is C13H29NOSi. The average Bonchev–Trinajstić information content (AvgIpc) is 2.17. The molecule has 0 spiro atoms. The van der Waals surface area contributed by atoms with Crippen molar-refractivity contribution in [1.82, 2.24) is 5.32 Å². The third-order valence-electron chi connectivity index (χ3n) is 4.15. The Bertz CT molecular complexity index is 204. The van der Waals surface area contributed by atoms with Gasteiger partial charge >= 0.3 is 0 Å². The highest BCUT2D eigenvalue weighted by atomic mass is 28.4. The lowest BCUT2D eigenvalue weighted by atomic mass is 10.0. The highest BCUT2D eigenvalue weighted by Gasteiger charge is 2.36. The molecule has 1 N–H and O–H groups in total. The van der Waals surface area contributed by atoms with Gasteiger partial charge in [0.05, 0.1) is 0 Å². The molecule has 1 aliphatic rings. The second-order valence-electron chi connectivity index (χ2n) is 6.54. The first kappa shape index (κ1) is 14.2. The molecule has 0 aliphatic carbocycles. The van der Waals surface area contributed by atoms with Gasteiger partial charge in [-0.25, -0.2) is 0 Å². The Balaban J connectivity index is 2.23. The van der Waals surface area contributed by atoms with Gasteiger partial charge < -0.3 is 9.74 Å². The van der Waals surface area contributed by atoms with Gasteiger partial charge in [-0.3, -0.25) is 0 Å². The fourth-order valence-corrected chi connectivity index (χ4v) is 2.90. The molecule has 1 heterocycles. The number of hydrogen-bond donors (Lipinski definition) is 1. The van der Waals surface area contributed by atoms with E-state index >= 15 is 0 Å². The number of rotatable bonds is 4. The second-order valence-corrected chi connectivity index (χ2v) is 11.4. The largest absolute Gasteiger partial charge is 0.417 e. The summed E-state index contributed by atoms with van der Waals surface area (Å²) in [4.78, 5) is 0. The van der Waals surface area contributed by atoms with Gasteiger partial charge in [0.25, 0.3) is 0 Å². The predicted molar refractivity (Wildman–Crippen MR) is 73.4 cm³/mol. The van der Waals surface area contributed by atoms with Gasteiger partial charge in [0.2, 0.25) is 0 Å². The predicted octanol–water partition coefficient (Wildman–Crippen LogP) is 3.54. The fraction of sp³-hybridized carbons (Fsp3) is 1.00. The van der Waals surface area contributed by atoms with Gasteiger partial charge in [0.1, 0.15) is 0 Å². The van der Waals surface area contributed by atoms with Gasteiger partial charge in [0, 0.05) is 12.6 Å². The van der Waals surface area contributed by atoms with Crippen LogP contribution in [0.5, 0.6) is 0 Å². The monoisotopic (exact) mass is 243 g/mol. The van der Waals surface area contributed by atoms with Gasteiger partial charge in [-0.15, -0.1) is 0 Å². The zero-order valence-electron chi connectivity index (χ0n) is 11.7. The van der Waals surface area contributed by atoms with Crippen LogP contribution in [0.4, 0.5) is 0 Å². The number of nitrogens with one attached hydrogen (secondary N) is 1. The van der Waals surface area contributed by atoms with Crippen molar-refractivity contribution in [2.75, 3.05) is 13.2 Å². The van der Waals surface area contributed by atoms with Crippen molar-refractivity contribution in [1.29, 1.82) is 0 Å². The molecular weight excluding hydrogens is 214 g/mol. The lowest BCUT2D eigenvalue weighted by Crippen LogP contribution is -2.42. The molecule has 96 valence electrons. The molecule has 1 aliphatic heterocycles. The molecule has 1 fully saturated rings. The molecule has 0 bridgehead atoms. The van der Waals surface area contributed by atoms with Crippen molar-refractivity contribution in [2.24, 2.45) is 0 Å². The van der Waals surface area contributed by atoms with E-state index in [4.69, 9.17) is 4.43 Å². The minimum Gasteiger partial charge on any atom is -0.417 e. The first-order chi connectivity index (χ1) is 7.33. The average molecular weight is 243 g/mol. The summed E-state index contributed by atoms with van der Waals surface area (Å²) < 4.78 is 6.20. The molecule has 1 unspecified atom stereocenters. The molecule has 3 heteroatoms. The zero-order valence-corrected chi connectivity index (χ0v) is 12.7. The molecule has 0 aromatic carbocycles. The van der Waals surface area contributed by atoms with Crippen molar-refractivity contribution in [3.8, 4) is 0 Å². The number of hydrogen-bond acceptors (Lipinski definition) is 2. The third kappa shape index (κ3) is 4.19. The fourth-order valence-electron chi connectivity index (χ4n) is 1.84. The molecule has 0 aromatic heterocycles. The van der Waals surface area contributed by atoms with Gasteiger partial charge in [0.15, 0.2) is 8.32 Å². The molecule has 0 aromatic rings. The first-order valence-electron chi connectivity index (χ1n) is 6.70. The summed E-state index contributed by atoms with van der Waals surface area (Å²) >= 11 is 0. The first-order valence-corrected chi connectivity index (χ1v) is 9.61. The van der Waals surface area contributed by atoms with E-state index in [1.54, 1.807) is 0 Å². The van der Waals surface area contributed by atoms with Gasteiger partial charge in [-0.05, 0) is 43.9 Å². The van der Waals surface area contributed by atoms with E-state index in [2.05, 4.69) is 39.2 Å². The van der Waals surface area contributed by atoms with Crippen LogP contribution in [-0.2, 0) is 4.43 Å². The van der Waals surface area contributed by atoms with E-state index in [9.17, 15) is 0 Å². The Hall–Kier alpha value is 0.137. The summed E-state index contributed by atoms with van der Waals surface area (Å²) in [5.41, 5.74) is 0. The topological polar surface area (TPSA) is 21.3 Å². The molecule has 0 amide bonds. The minimum absolute atomic E-state index is 0.340. The normalized spacial score (nSPS) is 23.4. The Morgan fingerprint density at radius 3 is 2.44 bits per heavy atom. The highest BCUT2D eigenvalue weighted by Crippen LogP contribution is 2.36. The lowest BCUT2D eigenvalue weighted by molar-refractivity contribution is 0.249. The van der Waals surface area contributed by atoms with E-state index in [0.717, 1.165) is 6.61 Å². The van der Waals surface area contributed by atoms with E-state index < -0.39 is 8.32 Å². The van der Waals surface area contributed by atoms with Crippen molar-refractivity contribution in [3.05, 3.63) is 0 Å². The van der Waals surface area contributed by atoms with Crippen LogP contribution in [0.2, 0.25) is 18.1 Å². The molecule has 1 saturated heterocycles.